The fourth-order valence-electron chi connectivity index (χ4n) is 0.521. The fraction of sp³-hybridized carbons (Fsp3) is 0.500. The van der Waals surface area contributed by atoms with Crippen molar-refractivity contribution in [2.75, 3.05) is 12.4 Å². The van der Waals surface area contributed by atoms with Crippen LogP contribution in [0, 0.1) is 0 Å². The van der Waals surface area contributed by atoms with Gasteiger partial charge in [0.05, 0.1) is 6.61 Å². The maximum absolute atomic E-state index is 10.6. The Morgan fingerprint density at radius 1 is 1.90 bits per heavy atom. The van der Waals surface area contributed by atoms with Crippen molar-refractivity contribution in [1.29, 1.82) is 0 Å². The average molecular weight is 144 g/mol. The number of aromatic amines is 1. The number of hydrogen-bond donors (Lipinski definition) is 2. The molecule has 1 aromatic heterocycles. The van der Waals surface area contributed by atoms with E-state index >= 15 is 0 Å². The van der Waals surface area contributed by atoms with Crippen LogP contribution in [0.2, 0.25) is 0 Å². The first kappa shape index (κ1) is 6.66. The van der Waals surface area contributed by atoms with E-state index in [-0.39, 0.29) is 6.01 Å². The molecule has 0 fully saturated rings. The third-order valence-electron chi connectivity index (χ3n) is 0.946. The maximum Gasteiger partial charge on any atom is 0.364 e. The summed E-state index contributed by atoms with van der Waals surface area (Å²) >= 11 is 0. The zero-order valence-corrected chi connectivity index (χ0v) is 5.50. The molecular weight excluding hydrogens is 136 g/mol. The lowest BCUT2D eigenvalue weighted by Gasteiger charge is -1.96. The molecule has 0 bridgehead atoms. The van der Waals surface area contributed by atoms with E-state index in [1.807, 2.05) is 0 Å². The van der Waals surface area contributed by atoms with E-state index in [0.29, 0.717) is 6.61 Å². The zero-order valence-electron chi connectivity index (χ0n) is 5.50. The van der Waals surface area contributed by atoms with E-state index in [0.717, 1.165) is 4.68 Å². The van der Waals surface area contributed by atoms with Gasteiger partial charge in [-0.15, -0.1) is 5.10 Å². The van der Waals surface area contributed by atoms with Crippen molar-refractivity contribution in [3.05, 3.63) is 10.5 Å². The molecule has 0 aromatic carbocycles. The summed E-state index contributed by atoms with van der Waals surface area (Å²) in [6.45, 7) is 2.21. The zero-order chi connectivity index (χ0) is 7.56. The lowest BCUT2D eigenvalue weighted by molar-refractivity contribution is 0.303. The van der Waals surface area contributed by atoms with Crippen molar-refractivity contribution in [2.24, 2.45) is 0 Å². The SMILES string of the molecule is CCOc1n[nH]c(=O)n1N. The van der Waals surface area contributed by atoms with Crippen molar-refractivity contribution >= 4 is 0 Å². The first-order chi connectivity index (χ1) is 4.75. The number of nitrogens with one attached hydrogen (secondary N) is 1. The molecule has 0 amide bonds. The molecule has 0 unspecified atom stereocenters. The summed E-state index contributed by atoms with van der Waals surface area (Å²) in [5.74, 6) is 5.17. The highest BCUT2D eigenvalue weighted by Gasteiger charge is 2.02. The highest BCUT2D eigenvalue weighted by atomic mass is 16.5. The van der Waals surface area contributed by atoms with Crippen LogP contribution in [0.25, 0.3) is 0 Å². The van der Waals surface area contributed by atoms with E-state index in [1.165, 1.54) is 0 Å². The van der Waals surface area contributed by atoms with Crippen molar-refractivity contribution in [1.82, 2.24) is 14.9 Å². The van der Waals surface area contributed by atoms with Crippen molar-refractivity contribution in [3.63, 3.8) is 0 Å². The van der Waals surface area contributed by atoms with E-state index < -0.39 is 5.69 Å². The highest BCUT2D eigenvalue weighted by molar-refractivity contribution is 4.91. The van der Waals surface area contributed by atoms with Gasteiger partial charge >= 0.3 is 11.7 Å². The molecule has 6 heteroatoms. The summed E-state index contributed by atoms with van der Waals surface area (Å²) in [5, 5.41) is 5.61. The molecule has 0 aliphatic heterocycles. The summed E-state index contributed by atoms with van der Waals surface area (Å²) in [7, 11) is 0. The quantitative estimate of drug-likeness (QED) is 0.504. The van der Waals surface area contributed by atoms with Crippen LogP contribution in [0.15, 0.2) is 4.79 Å². The van der Waals surface area contributed by atoms with E-state index in [1.54, 1.807) is 6.92 Å². The Labute approximate surface area is 56.6 Å². The van der Waals surface area contributed by atoms with Gasteiger partial charge in [-0.3, -0.25) is 0 Å². The van der Waals surface area contributed by atoms with Gasteiger partial charge in [-0.2, -0.15) is 4.68 Å². The second-order valence-electron chi connectivity index (χ2n) is 1.61. The van der Waals surface area contributed by atoms with Crippen molar-refractivity contribution < 1.29 is 4.74 Å². The summed E-state index contributed by atoms with van der Waals surface area (Å²) in [6.07, 6.45) is 0. The summed E-state index contributed by atoms with van der Waals surface area (Å²) < 4.78 is 5.66. The third kappa shape index (κ3) is 0.949. The van der Waals surface area contributed by atoms with Gasteiger partial charge < -0.3 is 10.6 Å². The molecule has 10 heavy (non-hydrogen) atoms. The largest absolute Gasteiger partial charge is 0.463 e. The number of nitrogens with zero attached hydrogens (tertiary/aromatic N) is 2. The van der Waals surface area contributed by atoms with Crippen LogP contribution in [0.5, 0.6) is 6.01 Å². The molecule has 0 radical (unpaired) electrons. The van der Waals surface area contributed by atoms with Crippen LogP contribution in [0.4, 0.5) is 0 Å². The molecule has 0 spiro atoms. The molecule has 0 atom stereocenters. The van der Waals surface area contributed by atoms with Crippen molar-refractivity contribution in [2.45, 2.75) is 6.92 Å². The Balaban J connectivity index is 2.94. The summed E-state index contributed by atoms with van der Waals surface area (Å²) in [6, 6.07) is 0.104. The summed E-state index contributed by atoms with van der Waals surface area (Å²) in [5.41, 5.74) is -0.483. The van der Waals surface area contributed by atoms with Gasteiger partial charge in [-0.05, 0) is 6.92 Å². The van der Waals surface area contributed by atoms with Gasteiger partial charge in [0.2, 0.25) is 0 Å². The lowest BCUT2D eigenvalue weighted by atomic mass is 10.9. The fourth-order valence-corrected chi connectivity index (χ4v) is 0.521. The number of H-pyrrole nitrogens is 1. The molecule has 0 saturated heterocycles. The molecule has 0 saturated carbocycles. The third-order valence-corrected chi connectivity index (χ3v) is 0.946. The Morgan fingerprint density at radius 2 is 2.60 bits per heavy atom. The van der Waals surface area contributed by atoms with Gasteiger partial charge in [0.25, 0.3) is 0 Å². The number of nitrogen functional groups attached to an aromatic ring is 1. The molecule has 6 nitrogen and oxygen atoms in total. The predicted octanol–water partition coefficient (Wildman–Crippen LogP) is -1.32. The number of aromatic nitrogens is 3. The molecule has 1 aromatic rings. The van der Waals surface area contributed by atoms with Gasteiger partial charge in [0.15, 0.2) is 0 Å². The topological polar surface area (TPSA) is 85.9 Å². The van der Waals surface area contributed by atoms with E-state index in [9.17, 15) is 4.79 Å². The minimum atomic E-state index is -0.483. The second-order valence-corrected chi connectivity index (χ2v) is 1.61. The molecule has 1 heterocycles. The molecule has 1 rings (SSSR count). The van der Waals surface area contributed by atoms with Crippen LogP contribution in [0.1, 0.15) is 6.92 Å². The molecule has 0 aliphatic carbocycles. The standard InChI is InChI=1S/C4H8N4O2/c1-2-10-4-7-6-3(9)8(4)5/h2,5H2,1H3,(H,6,9). The van der Waals surface area contributed by atoms with Crippen LogP contribution >= 0.6 is 0 Å². The Kier molecular flexibility index (Phi) is 1.61. The first-order valence-corrected chi connectivity index (χ1v) is 2.81. The van der Waals surface area contributed by atoms with Crippen LogP contribution in [-0.4, -0.2) is 21.5 Å². The minimum absolute atomic E-state index is 0.104. The normalized spacial score (nSPS) is 9.70. The van der Waals surface area contributed by atoms with Crippen LogP contribution < -0.4 is 16.3 Å². The predicted molar refractivity (Wildman–Crippen MR) is 34.2 cm³/mol. The van der Waals surface area contributed by atoms with Crippen molar-refractivity contribution in [3.8, 4) is 6.01 Å². The van der Waals surface area contributed by atoms with Gasteiger partial charge in [-0.1, -0.05) is 0 Å². The maximum atomic E-state index is 10.6. The van der Waals surface area contributed by atoms with Crippen LogP contribution in [0.3, 0.4) is 0 Å². The van der Waals surface area contributed by atoms with E-state index in [4.69, 9.17) is 10.6 Å². The first-order valence-electron chi connectivity index (χ1n) is 2.81. The lowest BCUT2D eigenvalue weighted by Crippen LogP contribution is -2.25. The van der Waals surface area contributed by atoms with Crippen LogP contribution in [-0.2, 0) is 0 Å². The van der Waals surface area contributed by atoms with Gasteiger partial charge in [0.1, 0.15) is 0 Å². The number of ether oxygens (including phenoxy) is 1. The number of nitrogens with two attached hydrogens (primary N) is 1. The monoisotopic (exact) mass is 144 g/mol. The Hall–Kier alpha value is -1.46. The van der Waals surface area contributed by atoms with E-state index in [2.05, 4.69) is 10.2 Å². The molecule has 56 valence electrons. The number of rotatable bonds is 2. The molecule has 3 N–H and O–H groups in total. The molecular formula is C4H8N4O2. The highest BCUT2D eigenvalue weighted by Crippen LogP contribution is 1.94. The smallest absolute Gasteiger partial charge is 0.364 e. The van der Waals surface area contributed by atoms with Gasteiger partial charge in [-0.25, -0.2) is 9.89 Å². The Bertz CT molecular complexity index is 262. The average Bonchev–Trinajstić information content (AvgIpc) is 2.20. The van der Waals surface area contributed by atoms with Gasteiger partial charge in [0, 0.05) is 0 Å². The second kappa shape index (κ2) is 2.42. The minimum Gasteiger partial charge on any atom is -0.463 e. The number of hydrogen-bond acceptors (Lipinski definition) is 4. The molecule has 0 aliphatic rings. The Morgan fingerprint density at radius 3 is 3.00 bits per heavy atom. The summed E-state index contributed by atoms with van der Waals surface area (Å²) in [4.78, 5) is 10.6.